The highest BCUT2D eigenvalue weighted by atomic mass is 16.5. The molecule has 0 heterocycles. The molecule has 3 heteroatoms. The van der Waals surface area contributed by atoms with E-state index in [0.717, 1.165) is 16.9 Å². The average molecular weight is 281 g/mol. The van der Waals surface area contributed by atoms with Crippen LogP contribution in [0.2, 0.25) is 0 Å². The van der Waals surface area contributed by atoms with E-state index in [1.807, 2.05) is 54.6 Å². The van der Waals surface area contributed by atoms with Crippen LogP contribution < -0.4 is 10.1 Å². The van der Waals surface area contributed by atoms with Crippen molar-refractivity contribution in [1.82, 2.24) is 5.32 Å². The molecule has 21 heavy (non-hydrogen) atoms. The Bertz CT molecular complexity index is 590. The lowest BCUT2D eigenvalue weighted by Crippen LogP contribution is -2.24. The number of ether oxygens (including phenoxy) is 1. The number of benzene rings is 2. The first-order valence-corrected chi connectivity index (χ1v) is 6.88. The summed E-state index contributed by atoms with van der Waals surface area (Å²) in [4.78, 5) is 0. The maximum atomic E-state index is 9.55. The van der Waals surface area contributed by atoms with Gasteiger partial charge in [0.15, 0.2) is 0 Å². The van der Waals surface area contributed by atoms with Crippen molar-refractivity contribution < 1.29 is 9.84 Å². The second-order valence-electron chi connectivity index (χ2n) is 4.63. The van der Waals surface area contributed by atoms with Crippen LogP contribution in [0.5, 0.6) is 5.75 Å². The quantitative estimate of drug-likeness (QED) is 0.766. The molecule has 2 N–H and O–H groups in total. The third kappa shape index (κ3) is 4.35. The number of rotatable bonds is 7. The molecular formula is C18H19NO2. The lowest BCUT2D eigenvalue weighted by molar-refractivity contribution is 0.243. The highest BCUT2D eigenvalue weighted by molar-refractivity contribution is 5.33. The summed E-state index contributed by atoms with van der Waals surface area (Å²) in [6.07, 6.45) is 5.22. The highest BCUT2D eigenvalue weighted by Crippen LogP contribution is 2.19. The molecule has 108 valence electrons. The fraction of sp³-hybridized carbons (Fsp3) is 0.222. The molecule has 0 aromatic heterocycles. The topological polar surface area (TPSA) is 41.5 Å². The molecule has 0 saturated carbocycles. The Hall–Kier alpha value is -2.28. The molecule has 0 aliphatic rings. The van der Waals surface area contributed by atoms with Gasteiger partial charge in [-0.1, -0.05) is 54.5 Å². The van der Waals surface area contributed by atoms with Gasteiger partial charge < -0.3 is 15.2 Å². The van der Waals surface area contributed by atoms with Gasteiger partial charge in [-0.15, -0.1) is 6.42 Å². The van der Waals surface area contributed by atoms with Crippen LogP contribution in [0.25, 0.3) is 0 Å². The first kappa shape index (κ1) is 15.1. The first-order valence-electron chi connectivity index (χ1n) is 6.88. The van der Waals surface area contributed by atoms with Crippen LogP contribution in [0.3, 0.4) is 0 Å². The Kier molecular flexibility index (Phi) is 5.83. The fourth-order valence-corrected chi connectivity index (χ4v) is 2.12. The Morgan fingerprint density at radius 2 is 1.81 bits per heavy atom. The van der Waals surface area contributed by atoms with Gasteiger partial charge in [-0.2, -0.15) is 0 Å². The number of hydrogen-bond acceptors (Lipinski definition) is 3. The van der Waals surface area contributed by atoms with E-state index in [-0.39, 0.29) is 19.3 Å². The maximum absolute atomic E-state index is 9.55. The molecule has 0 bridgehead atoms. The highest BCUT2D eigenvalue weighted by Gasteiger charge is 2.10. The number of aliphatic hydroxyl groups is 1. The van der Waals surface area contributed by atoms with Gasteiger partial charge in [-0.25, -0.2) is 0 Å². The predicted octanol–water partition coefficient (Wildman–Crippen LogP) is 2.52. The molecular weight excluding hydrogens is 262 g/mol. The molecule has 0 saturated heterocycles. The lowest BCUT2D eigenvalue weighted by atomic mass is 10.1. The van der Waals surface area contributed by atoms with Crippen molar-refractivity contribution in [2.24, 2.45) is 0 Å². The summed E-state index contributed by atoms with van der Waals surface area (Å²) in [6.45, 7) is 0.886. The minimum Gasteiger partial charge on any atom is -0.481 e. The van der Waals surface area contributed by atoms with Crippen LogP contribution in [-0.2, 0) is 6.54 Å². The zero-order valence-electron chi connectivity index (χ0n) is 11.8. The molecule has 0 fully saturated rings. The van der Waals surface area contributed by atoms with E-state index in [1.165, 1.54) is 0 Å². The molecule has 0 spiro atoms. The normalized spacial score (nSPS) is 11.6. The number of aliphatic hydroxyl groups excluding tert-OH is 1. The lowest BCUT2D eigenvalue weighted by Gasteiger charge is -2.18. The largest absolute Gasteiger partial charge is 0.481 e. The van der Waals surface area contributed by atoms with Crippen molar-refractivity contribution in [3.05, 3.63) is 65.7 Å². The summed E-state index contributed by atoms with van der Waals surface area (Å²) in [6, 6.07) is 17.5. The molecule has 1 atom stereocenters. The number of nitrogens with one attached hydrogen (secondary N) is 1. The zero-order valence-corrected chi connectivity index (χ0v) is 11.8. The van der Waals surface area contributed by atoms with Gasteiger partial charge in [0, 0.05) is 12.1 Å². The van der Waals surface area contributed by atoms with Crippen LogP contribution in [0, 0.1) is 12.3 Å². The number of hydrogen-bond donors (Lipinski definition) is 2. The Labute approximate surface area is 125 Å². The van der Waals surface area contributed by atoms with Crippen LogP contribution in [0.4, 0.5) is 0 Å². The second-order valence-corrected chi connectivity index (χ2v) is 4.63. The monoisotopic (exact) mass is 281 g/mol. The standard InChI is InChI=1S/C18H19NO2/c1-2-12-21-18-11-7-6-10-16(18)13-19-17(14-20)15-8-4-3-5-9-15/h1,3-11,17,19-20H,12-14H2. The van der Waals surface area contributed by atoms with Crippen LogP contribution in [0.1, 0.15) is 17.2 Å². The molecule has 0 radical (unpaired) electrons. The van der Waals surface area contributed by atoms with Gasteiger partial charge in [-0.3, -0.25) is 0 Å². The Morgan fingerprint density at radius 1 is 1.10 bits per heavy atom. The molecule has 2 aromatic carbocycles. The second kappa shape index (κ2) is 8.11. The summed E-state index contributed by atoms with van der Waals surface area (Å²) >= 11 is 0. The van der Waals surface area contributed by atoms with Gasteiger partial charge >= 0.3 is 0 Å². The van der Waals surface area contributed by atoms with E-state index in [1.54, 1.807) is 0 Å². The van der Waals surface area contributed by atoms with Crippen molar-refractivity contribution in [3.8, 4) is 18.1 Å². The van der Waals surface area contributed by atoms with E-state index in [9.17, 15) is 5.11 Å². The zero-order chi connectivity index (χ0) is 14.9. The van der Waals surface area contributed by atoms with E-state index in [2.05, 4.69) is 11.2 Å². The average Bonchev–Trinajstić information content (AvgIpc) is 2.55. The molecule has 0 aliphatic carbocycles. The van der Waals surface area contributed by atoms with Crippen molar-refractivity contribution >= 4 is 0 Å². The summed E-state index contributed by atoms with van der Waals surface area (Å²) in [5.74, 6) is 3.23. The molecule has 0 aliphatic heterocycles. The SMILES string of the molecule is C#CCOc1ccccc1CNC(CO)c1ccccc1. The van der Waals surface area contributed by atoms with Crippen LogP contribution in [0.15, 0.2) is 54.6 Å². The van der Waals surface area contributed by atoms with Gasteiger partial charge in [0.25, 0.3) is 0 Å². The molecule has 2 aromatic rings. The van der Waals surface area contributed by atoms with Gasteiger partial charge in [0.1, 0.15) is 12.4 Å². The maximum Gasteiger partial charge on any atom is 0.148 e. The Balaban J connectivity index is 2.03. The van der Waals surface area contributed by atoms with E-state index < -0.39 is 0 Å². The van der Waals surface area contributed by atoms with E-state index in [0.29, 0.717) is 6.54 Å². The third-order valence-corrected chi connectivity index (χ3v) is 3.21. The summed E-state index contributed by atoms with van der Waals surface area (Å²) < 4.78 is 5.52. The molecule has 0 amide bonds. The number of para-hydroxylation sites is 1. The summed E-state index contributed by atoms with van der Waals surface area (Å²) in [7, 11) is 0. The molecule has 3 nitrogen and oxygen atoms in total. The smallest absolute Gasteiger partial charge is 0.148 e. The van der Waals surface area contributed by atoms with Crippen LogP contribution in [-0.4, -0.2) is 18.3 Å². The minimum atomic E-state index is -0.105. The molecule has 2 rings (SSSR count). The first-order chi connectivity index (χ1) is 10.3. The summed E-state index contributed by atoms with van der Waals surface area (Å²) in [5, 5.41) is 12.9. The molecule has 1 unspecified atom stereocenters. The fourth-order valence-electron chi connectivity index (χ4n) is 2.12. The third-order valence-electron chi connectivity index (χ3n) is 3.21. The van der Waals surface area contributed by atoms with Crippen molar-refractivity contribution in [2.45, 2.75) is 12.6 Å². The van der Waals surface area contributed by atoms with Gasteiger partial charge in [-0.05, 0) is 11.6 Å². The summed E-state index contributed by atoms with van der Waals surface area (Å²) in [5.41, 5.74) is 2.07. The van der Waals surface area contributed by atoms with Gasteiger partial charge in [0.2, 0.25) is 0 Å². The minimum absolute atomic E-state index is 0.0391. The van der Waals surface area contributed by atoms with Crippen molar-refractivity contribution in [3.63, 3.8) is 0 Å². The van der Waals surface area contributed by atoms with E-state index in [4.69, 9.17) is 11.2 Å². The Morgan fingerprint density at radius 3 is 2.52 bits per heavy atom. The predicted molar refractivity (Wildman–Crippen MR) is 83.9 cm³/mol. The number of terminal acetylenes is 1. The van der Waals surface area contributed by atoms with Crippen molar-refractivity contribution in [1.29, 1.82) is 0 Å². The van der Waals surface area contributed by atoms with Gasteiger partial charge in [0.05, 0.1) is 12.6 Å². The van der Waals surface area contributed by atoms with Crippen LogP contribution >= 0.6 is 0 Å². The van der Waals surface area contributed by atoms with E-state index >= 15 is 0 Å². The van der Waals surface area contributed by atoms with Crippen molar-refractivity contribution in [2.75, 3.05) is 13.2 Å².